The van der Waals surface area contributed by atoms with E-state index in [-0.39, 0.29) is 29.8 Å². The average Bonchev–Trinajstić information content (AvgIpc) is 2.52. The molecule has 1 rings (SSSR count). The molecule has 1 atom stereocenters. The number of halogens is 1. The number of anilines is 1. The summed E-state index contributed by atoms with van der Waals surface area (Å²) in [5.74, 6) is 0.524. The molecule has 7 heteroatoms. The van der Waals surface area contributed by atoms with Crippen molar-refractivity contribution in [3.63, 3.8) is 0 Å². The monoisotopic (exact) mass is 373 g/mol. The fraction of sp³-hybridized carbons (Fsp3) is 0.529. The van der Waals surface area contributed by atoms with Crippen LogP contribution in [0.3, 0.4) is 0 Å². The number of hydrogen-bond acceptors (Lipinski definition) is 4. The van der Waals surface area contributed by atoms with Gasteiger partial charge in [-0.05, 0) is 63.0 Å². The van der Waals surface area contributed by atoms with E-state index in [4.69, 9.17) is 5.73 Å². The summed E-state index contributed by atoms with van der Waals surface area (Å²) < 4.78 is 0. The highest BCUT2D eigenvalue weighted by Gasteiger charge is 2.19. The Morgan fingerprint density at radius 1 is 1.25 bits per heavy atom. The molecule has 0 heterocycles. The maximum absolute atomic E-state index is 12.2. The molecule has 1 aromatic carbocycles. The van der Waals surface area contributed by atoms with Gasteiger partial charge in [-0.1, -0.05) is 6.92 Å². The van der Waals surface area contributed by atoms with Gasteiger partial charge in [-0.2, -0.15) is 11.8 Å². The van der Waals surface area contributed by atoms with Crippen molar-refractivity contribution in [2.24, 2.45) is 5.73 Å². The minimum atomic E-state index is -0.518. The first-order chi connectivity index (χ1) is 10.8. The van der Waals surface area contributed by atoms with Gasteiger partial charge in [-0.15, -0.1) is 12.4 Å². The highest BCUT2D eigenvalue weighted by molar-refractivity contribution is 7.98. The molecular formula is C17H28ClN3O2S. The van der Waals surface area contributed by atoms with E-state index < -0.39 is 6.04 Å². The van der Waals surface area contributed by atoms with Crippen LogP contribution in [-0.4, -0.2) is 35.4 Å². The van der Waals surface area contributed by atoms with Crippen molar-refractivity contribution in [1.82, 2.24) is 5.32 Å². The third kappa shape index (κ3) is 7.55. The number of hydrogen-bond donors (Lipinski definition) is 3. The second-order valence-electron chi connectivity index (χ2n) is 6.15. The van der Waals surface area contributed by atoms with Crippen molar-refractivity contribution in [2.45, 2.75) is 45.2 Å². The minimum Gasteiger partial charge on any atom is -0.347 e. The van der Waals surface area contributed by atoms with Gasteiger partial charge in [-0.25, -0.2) is 0 Å². The number of carbonyl (C=O) groups is 2. The van der Waals surface area contributed by atoms with E-state index >= 15 is 0 Å². The largest absolute Gasteiger partial charge is 0.347 e. The van der Waals surface area contributed by atoms with Crippen LogP contribution >= 0.6 is 24.2 Å². The zero-order chi connectivity index (χ0) is 17.5. The average molecular weight is 374 g/mol. The molecule has 0 aromatic heterocycles. The molecule has 0 aliphatic rings. The summed E-state index contributed by atoms with van der Waals surface area (Å²) in [7, 11) is 0. The summed E-state index contributed by atoms with van der Waals surface area (Å²) in [4.78, 5) is 24.1. The van der Waals surface area contributed by atoms with E-state index in [1.165, 1.54) is 0 Å². The summed E-state index contributed by atoms with van der Waals surface area (Å²) in [6, 6.07) is 6.31. The van der Waals surface area contributed by atoms with E-state index in [1.54, 1.807) is 36.0 Å². The lowest BCUT2D eigenvalue weighted by Gasteiger charge is -2.24. The maximum atomic E-state index is 12.2. The van der Waals surface area contributed by atoms with Gasteiger partial charge in [0.2, 0.25) is 5.91 Å². The predicted octanol–water partition coefficient (Wildman–Crippen LogP) is 3.05. The molecule has 0 aliphatic heterocycles. The van der Waals surface area contributed by atoms with Crippen LogP contribution < -0.4 is 16.4 Å². The number of thioether (sulfide) groups is 1. The normalized spacial score (nSPS) is 12.0. The fourth-order valence-electron chi connectivity index (χ4n) is 1.78. The number of rotatable bonds is 8. The Labute approximate surface area is 154 Å². The molecule has 4 N–H and O–H groups in total. The predicted molar refractivity (Wildman–Crippen MR) is 105 cm³/mol. The topological polar surface area (TPSA) is 84.2 Å². The molecule has 136 valence electrons. The van der Waals surface area contributed by atoms with E-state index in [2.05, 4.69) is 10.6 Å². The van der Waals surface area contributed by atoms with Gasteiger partial charge in [0.05, 0.1) is 6.04 Å². The molecule has 0 fully saturated rings. The van der Waals surface area contributed by atoms with E-state index in [9.17, 15) is 9.59 Å². The Morgan fingerprint density at radius 2 is 1.83 bits per heavy atom. The molecule has 5 nitrogen and oxygen atoms in total. The van der Waals surface area contributed by atoms with Gasteiger partial charge in [0.15, 0.2) is 0 Å². The second kappa shape index (κ2) is 10.6. The Hall–Kier alpha value is -1.24. The molecule has 24 heavy (non-hydrogen) atoms. The lowest BCUT2D eigenvalue weighted by atomic mass is 10.0. The van der Waals surface area contributed by atoms with Crippen molar-refractivity contribution >= 4 is 41.7 Å². The first-order valence-corrected chi connectivity index (χ1v) is 9.16. The molecule has 0 unspecified atom stereocenters. The molecule has 0 saturated heterocycles. The lowest BCUT2D eigenvalue weighted by Crippen LogP contribution is -2.42. The Balaban J connectivity index is 0.00000529. The van der Waals surface area contributed by atoms with Gasteiger partial charge in [0.25, 0.3) is 5.91 Å². The lowest BCUT2D eigenvalue weighted by molar-refractivity contribution is -0.117. The molecular weight excluding hydrogens is 346 g/mol. The van der Waals surface area contributed by atoms with Crippen LogP contribution in [0, 0.1) is 0 Å². The number of nitrogens with two attached hydrogens (primary N) is 1. The van der Waals surface area contributed by atoms with E-state index in [1.807, 2.05) is 27.0 Å². The van der Waals surface area contributed by atoms with Gasteiger partial charge in [0, 0.05) is 16.8 Å². The first kappa shape index (κ1) is 22.8. The van der Waals surface area contributed by atoms with Crippen LogP contribution in [0.25, 0.3) is 0 Å². The Bertz CT molecular complexity index is 535. The van der Waals surface area contributed by atoms with Crippen LogP contribution in [0.1, 0.15) is 44.0 Å². The second-order valence-corrected chi connectivity index (χ2v) is 7.13. The molecule has 0 spiro atoms. The minimum absolute atomic E-state index is 0. The highest BCUT2D eigenvalue weighted by Crippen LogP contribution is 2.13. The number of amides is 2. The number of nitrogens with one attached hydrogen (secondary N) is 2. The van der Waals surface area contributed by atoms with Crippen molar-refractivity contribution in [2.75, 3.05) is 17.3 Å². The molecule has 1 aromatic rings. The molecule has 2 amide bonds. The van der Waals surface area contributed by atoms with Crippen LogP contribution in [0.5, 0.6) is 0 Å². The molecule has 0 aliphatic carbocycles. The summed E-state index contributed by atoms with van der Waals surface area (Å²) >= 11 is 1.66. The molecule has 0 radical (unpaired) electrons. The van der Waals surface area contributed by atoms with Crippen molar-refractivity contribution < 1.29 is 9.59 Å². The summed E-state index contributed by atoms with van der Waals surface area (Å²) in [6.45, 7) is 5.99. The third-order valence-corrected chi connectivity index (χ3v) is 4.36. The smallest absolute Gasteiger partial charge is 0.251 e. The summed E-state index contributed by atoms with van der Waals surface area (Å²) in [5.41, 5.74) is 6.79. The number of carbonyl (C=O) groups excluding carboxylic acids is 2. The summed E-state index contributed by atoms with van der Waals surface area (Å²) in [5, 5.41) is 5.75. The standard InChI is InChI=1S/C17H27N3O2S.ClH/c1-5-17(2,3)20-15(21)12-6-8-13(9-7-12)19-16(22)14(18)10-11-23-4;/h6-9,14H,5,10-11,18H2,1-4H3,(H,19,22)(H,20,21);1H/t14-;/m0./s1. The highest BCUT2D eigenvalue weighted by atomic mass is 35.5. The van der Waals surface area contributed by atoms with Crippen LogP contribution in [0.2, 0.25) is 0 Å². The Morgan fingerprint density at radius 3 is 2.33 bits per heavy atom. The van der Waals surface area contributed by atoms with E-state index in [0.29, 0.717) is 17.7 Å². The first-order valence-electron chi connectivity index (χ1n) is 7.77. The van der Waals surface area contributed by atoms with Gasteiger partial charge >= 0.3 is 0 Å². The van der Waals surface area contributed by atoms with Crippen molar-refractivity contribution in [1.29, 1.82) is 0 Å². The van der Waals surface area contributed by atoms with Crippen molar-refractivity contribution in [3.8, 4) is 0 Å². The van der Waals surface area contributed by atoms with E-state index in [0.717, 1.165) is 12.2 Å². The van der Waals surface area contributed by atoms with Crippen molar-refractivity contribution in [3.05, 3.63) is 29.8 Å². The van der Waals surface area contributed by atoms with Crippen LogP contribution in [0.15, 0.2) is 24.3 Å². The zero-order valence-electron chi connectivity index (χ0n) is 14.7. The van der Waals surface area contributed by atoms with Crippen LogP contribution in [0.4, 0.5) is 5.69 Å². The van der Waals surface area contributed by atoms with Gasteiger partial charge in [0.1, 0.15) is 0 Å². The Kier molecular flexibility index (Phi) is 10.0. The van der Waals surface area contributed by atoms with Gasteiger partial charge < -0.3 is 16.4 Å². The SMILES string of the molecule is CCC(C)(C)NC(=O)c1ccc(NC(=O)[C@@H](N)CCSC)cc1.Cl. The third-order valence-electron chi connectivity index (χ3n) is 3.72. The zero-order valence-corrected chi connectivity index (χ0v) is 16.4. The van der Waals surface area contributed by atoms with Crippen LogP contribution in [-0.2, 0) is 4.79 Å². The fourth-order valence-corrected chi connectivity index (χ4v) is 2.27. The molecule has 0 bridgehead atoms. The van der Waals surface area contributed by atoms with Gasteiger partial charge in [-0.3, -0.25) is 9.59 Å². The summed E-state index contributed by atoms with van der Waals surface area (Å²) in [6.07, 6.45) is 3.47. The molecule has 0 saturated carbocycles. The quantitative estimate of drug-likeness (QED) is 0.653. The maximum Gasteiger partial charge on any atom is 0.251 e. The number of benzene rings is 1.